The first-order valence-electron chi connectivity index (χ1n) is 39.7. The molecule has 2 aliphatic heterocycles. The number of rotatable bonds is 10. The van der Waals surface area contributed by atoms with Crippen LogP contribution >= 0.6 is 0 Å². The van der Waals surface area contributed by atoms with Crippen LogP contribution in [0, 0.1) is 36.4 Å². The molecule has 1 atom stereocenters. The zero-order valence-electron chi connectivity index (χ0n) is 65.8. The molecule has 0 saturated heterocycles. The number of pyridine rings is 3. The Bertz CT molecular complexity index is 7800. The molecule has 582 valence electrons. The second-order valence-electron chi connectivity index (χ2n) is 30.4. The third kappa shape index (κ3) is 12.4. The summed E-state index contributed by atoms with van der Waals surface area (Å²) in [7, 11) is 0. The van der Waals surface area contributed by atoms with Crippen molar-refractivity contribution in [2.45, 2.75) is 59.3 Å². The van der Waals surface area contributed by atoms with Gasteiger partial charge in [0.15, 0.2) is 11.4 Å². The minimum atomic E-state index is -0.395. The number of aromatic nitrogens is 10. The fraction of sp³-hybridized carbons (Fsp3) is 0.0874. The quantitative estimate of drug-likeness (QED) is 0.100. The van der Waals surface area contributed by atoms with Gasteiger partial charge in [-0.25, -0.2) is 15.0 Å². The zero-order chi connectivity index (χ0) is 78.1. The van der Waals surface area contributed by atoms with Gasteiger partial charge in [-0.2, -0.15) is 53.6 Å². The Morgan fingerprint density at radius 3 is 1.13 bits per heavy atom. The molecule has 0 fully saturated rings. The molecule has 0 N–H and O–H groups in total. The molecule has 1 aliphatic carbocycles. The van der Waals surface area contributed by atoms with Gasteiger partial charge in [0, 0.05) is 77.8 Å². The van der Waals surface area contributed by atoms with Crippen LogP contribution in [0.3, 0.4) is 0 Å². The van der Waals surface area contributed by atoms with Crippen molar-refractivity contribution >= 4 is 143 Å². The molecule has 17 heteroatoms. The Morgan fingerprint density at radius 1 is 0.325 bits per heavy atom. The monoisotopic (exact) mass is 2090 g/mol. The fourth-order valence-electron chi connectivity index (χ4n) is 18.5. The van der Waals surface area contributed by atoms with Crippen LogP contribution < -0.4 is 0 Å². The predicted octanol–water partition coefficient (Wildman–Crippen LogP) is 23.2. The SMILES string of the molecule is CC1=N[N+](c2[c-]c3c(cc2)c2ccccc2n3-c2[c-]c3c(cc2)c2ccccc2n3-c2ccccn2)=C(C)C1.CCC1(c2[c-]c3c(cc2)c2ccccc2n3-c2ccccn2)c2[c-]c([N+]3=C(C)CC(C)=N3)ccc2-c2ccccc21.[Pt+2].[Pt+2].[Pt+2].[c-]1c(-n2cccn2)ccc2c3ccccc3n(-c3[c-]c4c(cc3)c3ccccc3n4-c3ccccn3)c12. The van der Waals surface area contributed by atoms with E-state index in [1.165, 1.54) is 66.0 Å². The van der Waals surface area contributed by atoms with Crippen LogP contribution in [0.4, 0.5) is 11.4 Å². The molecular weight excluding hydrogens is 2020 g/mol. The molecule has 12 aromatic carbocycles. The number of para-hydroxylation sites is 5. The Morgan fingerprint density at radius 2 is 0.700 bits per heavy atom. The first-order chi connectivity index (χ1) is 57.6. The second kappa shape index (κ2) is 31.1. The number of hydrogen-bond acceptors (Lipinski definition) is 6. The summed E-state index contributed by atoms with van der Waals surface area (Å²) in [5.41, 5.74) is 25.8. The van der Waals surface area contributed by atoms with Gasteiger partial charge in [-0.15, -0.1) is 80.0 Å². The van der Waals surface area contributed by atoms with Gasteiger partial charge in [0.05, 0.1) is 24.3 Å². The molecule has 120 heavy (non-hydrogen) atoms. The fourth-order valence-corrected chi connectivity index (χ4v) is 18.5. The van der Waals surface area contributed by atoms with Crippen molar-refractivity contribution < 1.29 is 72.6 Å². The summed E-state index contributed by atoms with van der Waals surface area (Å²) in [6.45, 7) is 10.7. The van der Waals surface area contributed by atoms with E-state index in [4.69, 9.17) is 20.2 Å². The Kier molecular flexibility index (Phi) is 19.9. The van der Waals surface area contributed by atoms with Crippen LogP contribution in [0.2, 0.25) is 0 Å². The summed E-state index contributed by atoms with van der Waals surface area (Å²) in [4.78, 5) is 14.1. The maximum Gasteiger partial charge on any atom is 2.00 e. The van der Waals surface area contributed by atoms with Gasteiger partial charge in [-0.05, 0) is 141 Å². The first kappa shape index (κ1) is 77.0. The molecule has 1 unspecified atom stereocenters. The number of nitrogens with zero attached hydrogens (tertiary/aromatic N) is 14. The average Bonchev–Trinajstić information content (AvgIpc) is 1.54. The van der Waals surface area contributed by atoms with Crippen LogP contribution in [0.5, 0.6) is 0 Å². The molecule has 0 saturated carbocycles. The molecule has 0 spiro atoms. The normalized spacial score (nSPS) is 14.2. The van der Waals surface area contributed by atoms with Gasteiger partial charge in [0.1, 0.15) is 28.8 Å². The van der Waals surface area contributed by atoms with Gasteiger partial charge in [0.2, 0.25) is 0 Å². The second-order valence-corrected chi connectivity index (χ2v) is 30.4. The molecule has 3 aliphatic rings. The summed E-state index contributed by atoms with van der Waals surface area (Å²) in [5, 5.41) is 25.7. The predicted molar refractivity (Wildman–Crippen MR) is 473 cm³/mol. The van der Waals surface area contributed by atoms with Gasteiger partial charge in [0.25, 0.3) is 0 Å². The van der Waals surface area contributed by atoms with Crippen molar-refractivity contribution in [1.29, 1.82) is 0 Å². The van der Waals surface area contributed by atoms with Crippen molar-refractivity contribution in [1.82, 2.24) is 47.6 Å². The van der Waals surface area contributed by atoms with Crippen LogP contribution in [0.1, 0.15) is 70.6 Å². The van der Waals surface area contributed by atoms with Crippen LogP contribution in [0.15, 0.2) is 320 Å². The maximum absolute atomic E-state index is 4.83. The Balaban J connectivity index is 0.000000118. The minimum Gasteiger partial charge on any atom is -0.358 e. The van der Waals surface area contributed by atoms with Gasteiger partial charge < -0.3 is 22.8 Å². The van der Waals surface area contributed by atoms with Crippen molar-refractivity contribution in [3.05, 3.63) is 363 Å². The maximum atomic E-state index is 4.83. The molecule has 9 aromatic heterocycles. The third-order valence-electron chi connectivity index (χ3n) is 23.5. The van der Waals surface area contributed by atoms with Crippen LogP contribution in [0.25, 0.3) is 155 Å². The van der Waals surface area contributed by atoms with E-state index in [2.05, 4.69) is 333 Å². The Hall–Kier alpha value is -13.0. The smallest absolute Gasteiger partial charge is 0.358 e. The van der Waals surface area contributed by atoms with Crippen molar-refractivity contribution in [2.24, 2.45) is 10.2 Å². The third-order valence-corrected chi connectivity index (χ3v) is 23.5. The largest absolute Gasteiger partial charge is 2.00 e. The molecule has 21 aromatic rings. The summed E-state index contributed by atoms with van der Waals surface area (Å²) in [5.74, 6) is 2.64. The minimum absolute atomic E-state index is 0. The molecule has 11 heterocycles. The van der Waals surface area contributed by atoms with E-state index in [1.807, 2.05) is 88.8 Å². The molecular formula is C103H72N14Pt3+2. The number of benzene rings is 12. The summed E-state index contributed by atoms with van der Waals surface area (Å²) in [6, 6.07) is 120. The van der Waals surface area contributed by atoms with Crippen molar-refractivity contribution in [3.8, 4) is 45.6 Å². The molecule has 0 amide bonds. The summed E-state index contributed by atoms with van der Waals surface area (Å²) >= 11 is 0. The van der Waals surface area contributed by atoms with Gasteiger partial charge in [-0.3, -0.25) is 4.68 Å². The van der Waals surface area contributed by atoms with Gasteiger partial charge in [-0.1, -0.05) is 219 Å². The first-order valence-corrected chi connectivity index (χ1v) is 39.7. The van der Waals surface area contributed by atoms with Crippen LogP contribution in [-0.2, 0) is 68.6 Å². The molecule has 24 rings (SSSR count). The standard InChI is InChI=1S/C37H29N4.C34H24N5.C32H19N5.3Pt/c1-4-37(26-16-18-31-30-12-6-8-14-34(30)40(35(31)22-26)36-15-9-10-20-38-36)32-13-7-5-11-28(32)29-19-17-27(23-33(29)37)41-25(3)21-24(2)39-41;1-22-19-23(2)39(36-22)25-15-17-28-26-9-3-5-11-30(26)37(32(28)21-25)24-14-16-29-27-10-4-6-12-31(27)38(33(29)20-24)34-13-7-8-18-35-34;1-3-10-28-24(8-1)26-15-13-22(35-19-7-18-34-35)20-30(26)36(28)23-14-16-27-25-9-2-4-11-29(25)37(31(27)21-23)32-12-5-6-17-33-32;;;/h5-20H,4,21H2,1-3H3;3-18H,19H2,1-2H3;1-19H;;;/q2*-1;-2;3*+2. The summed E-state index contributed by atoms with van der Waals surface area (Å²) in [6.07, 6.45) is 11.9. The zero-order valence-corrected chi connectivity index (χ0v) is 72.6. The van der Waals surface area contributed by atoms with Crippen molar-refractivity contribution in [3.63, 3.8) is 0 Å². The number of fused-ring (bicyclic) bond motifs is 18. The molecule has 0 radical (unpaired) electrons. The van der Waals surface area contributed by atoms with E-state index >= 15 is 0 Å². The number of hydrazone groups is 2. The van der Waals surface area contributed by atoms with E-state index in [0.717, 1.165) is 159 Å². The van der Waals surface area contributed by atoms with E-state index in [-0.39, 0.29) is 63.2 Å². The van der Waals surface area contributed by atoms with E-state index in [0.29, 0.717) is 0 Å². The van der Waals surface area contributed by atoms with E-state index in [9.17, 15) is 0 Å². The topological polar surface area (TPSA) is 112 Å². The molecule has 14 nitrogen and oxygen atoms in total. The average molecular weight is 2090 g/mol. The van der Waals surface area contributed by atoms with Crippen LogP contribution in [-0.4, -0.2) is 79.8 Å². The Labute approximate surface area is 735 Å². The summed E-state index contributed by atoms with van der Waals surface area (Å²) < 4.78 is 17.1. The number of hydrogen-bond donors (Lipinski definition) is 0. The van der Waals surface area contributed by atoms with Gasteiger partial charge >= 0.3 is 63.2 Å². The van der Waals surface area contributed by atoms with Crippen molar-refractivity contribution in [2.75, 3.05) is 0 Å². The van der Waals surface area contributed by atoms with E-state index in [1.54, 1.807) is 6.20 Å². The van der Waals surface area contributed by atoms with E-state index < -0.39 is 5.41 Å². The molecule has 0 bridgehead atoms.